The van der Waals surface area contributed by atoms with Crippen molar-refractivity contribution in [2.45, 2.75) is 82.5 Å². The van der Waals surface area contributed by atoms with Gasteiger partial charge in [-0.3, -0.25) is 0 Å². The lowest BCUT2D eigenvalue weighted by Gasteiger charge is -2.36. The number of likely N-dealkylation sites (tertiary alicyclic amines) is 1. The second-order valence-corrected chi connectivity index (χ2v) is 7.40. The van der Waals surface area contributed by atoms with Crippen molar-refractivity contribution >= 4 is 0 Å². The van der Waals surface area contributed by atoms with Gasteiger partial charge in [0.05, 0.1) is 17.8 Å². The van der Waals surface area contributed by atoms with Gasteiger partial charge in [0.15, 0.2) is 0 Å². The quantitative estimate of drug-likeness (QED) is 0.863. The van der Waals surface area contributed by atoms with Gasteiger partial charge in [0.25, 0.3) is 0 Å². The number of piperidine rings is 1. The van der Waals surface area contributed by atoms with Crippen LogP contribution >= 0.6 is 0 Å². The van der Waals surface area contributed by atoms with Gasteiger partial charge in [0.2, 0.25) is 0 Å². The number of aliphatic hydroxyl groups is 1. The molecule has 3 rings (SSSR count). The van der Waals surface area contributed by atoms with E-state index < -0.39 is 0 Å². The van der Waals surface area contributed by atoms with Crippen LogP contribution in [0.1, 0.15) is 64.7 Å². The summed E-state index contributed by atoms with van der Waals surface area (Å²) in [6, 6.07) is 0. The van der Waals surface area contributed by atoms with Crippen LogP contribution in [-0.2, 0) is 4.74 Å². The summed E-state index contributed by atoms with van der Waals surface area (Å²) in [6.07, 6.45) is 11.9. The fourth-order valence-corrected chi connectivity index (χ4v) is 4.49. The number of nitrogens with zero attached hydrogens (tertiary/aromatic N) is 1. The van der Waals surface area contributed by atoms with Crippen LogP contribution in [-0.4, -0.2) is 47.4 Å². The zero-order valence-electron chi connectivity index (χ0n) is 13.0. The van der Waals surface area contributed by atoms with E-state index in [0.717, 1.165) is 32.5 Å². The highest BCUT2D eigenvalue weighted by Crippen LogP contribution is 2.42. The molecule has 0 bridgehead atoms. The maximum absolute atomic E-state index is 9.67. The first kappa shape index (κ1) is 14.8. The largest absolute Gasteiger partial charge is 0.393 e. The van der Waals surface area contributed by atoms with Crippen LogP contribution < -0.4 is 0 Å². The number of hydrogen-bond acceptors (Lipinski definition) is 3. The van der Waals surface area contributed by atoms with Gasteiger partial charge in [-0.25, -0.2) is 0 Å². The molecule has 0 aromatic rings. The third kappa shape index (κ3) is 3.37. The maximum Gasteiger partial charge on any atom is 0.0710 e. The molecule has 116 valence electrons. The second-order valence-electron chi connectivity index (χ2n) is 7.40. The van der Waals surface area contributed by atoms with Crippen LogP contribution in [0.25, 0.3) is 0 Å². The van der Waals surface area contributed by atoms with Crippen molar-refractivity contribution in [2.75, 3.05) is 19.6 Å². The number of ether oxygens (including phenoxy) is 1. The zero-order valence-corrected chi connectivity index (χ0v) is 13.0. The highest BCUT2D eigenvalue weighted by Gasteiger charge is 2.41. The van der Waals surface area contributed by atoms with Crippen LogP contribution in [0, 0.1) is 5.92 Å². The van der Waals surface area contributed by atoms with Crippen molar-refractivity contribution in [3.05, 3.63) is 0 Å². The van der Waals surface area contributed by atoms with E-state index in [1.54, 1.807) is 0 Å². The van der Waals surface area contributed by atoms with Crippen molar-refractivity contribution in [1.82, 2.24) is 4.90 Å². The minimum Gasteiger partial charge on any atom is -0.393 e. The minimum atomic E-state index is -0.134. The fourth-order valence-electron chi connectivity index (χ4n) is 4.49. The van der Waals surface area contributed by atoms with E-state index in [0.29, 0.717) is 12.0 Å². The Morgan fingerprint density at radius 3 is 2.45 bits per heavy atom. The lowest BCUT2D eigenvalue weighted by molar-refractivity contribution is -0.0746. The van der Waals surface area contributed by atoms with Crippen LogP contribution in [0.4, 0.5) is 0 Å². The molecular weight excluding hydrogens is 250 g/mol. The smallest absolute Gasteiger partial charge is 0.0710 e. The highest BCUT2D eigenvalue weighted by atomic mass is 16.5. The third-order valence-corrected chi connectivity index (χ3v) is 5.88. The van der Waals surface area contributed by atoms with E-state index in [1.165, 1.54) is 44.9 Å². The van der Waals surface area contributed by atoms with Crippen molar-refractivity contribution in [3.63, 3.8) is 0 Å². The Morgan fingerprint density at radius 2 is 1.80 bits per heavy atom. The molecule has 2 aliphatic heterocycles. The van der Waals surface area contributed by atoms with Gasteiger partial charge >= 0.3 is 0 Å². The van der Waals surface area contributed by atoms with Gasteiger partial charge in [-0.05, 0) is 64.5 Å². The highest BCUT2D eigenvalue weighted by molar-refractivity contribution is 4.92. The van der Waals surface area contributed by atoms with Crippen LogP contribution in [0.5, 0.6) is 0 Å². The van der Waals surface area contributed by atoms with Crippen LogP contribution in [0.15, 0.2) is 0 Å². The third-order valence-electron chi connectivity index (χ3n) is 5.88. The molecule has 3 nitrogen and oxygen atoms in total. The predicted octanol–water partition coefficient (Wildman–Crippen LogP) is 2.96. The van der Waals surface area contributed by atoms with E-state index in [2.05, 4.69) is 4.90 Å². The van der Waals surface area contributed by atoms with Crippen molar-refractivity contribution < 1.29 is 9.84 Å². The second kappa shape index (κ2) is 6.33. The molecule has 1 aliphatic carbocycles. The first-order valence-electron chi connectivity index (χ1n) is 8.75. The van der Waals surface area contributed by atoms with E-state index >= 15 is 0 Å². The lowest BCUT2D eigenvalue weighted by Crippen LogP contribution is -2.42. The molecule has 1 spiro atoms. The predicted molar refractivity (Wildman–Crippen MR) is 80.8 cm³/mol. The standard InChI is InChI=1S/C17H31NO2/c1-14(19)15-6-11-18(12-7-15)13-16-5-10-17(20-16)8-3-2-4-9-17/h14-16,19H,2-13H2,1H3/t14-,16-/m1/s1. The molecule has 1 saturated carbocycles. The SMILES string of the molecule is C[C@@H](O)C1CCN(C[C@H]2CCC3(CCCCC3)O2)CC1. The van der Waals surface area contributed by atoms with Gasteiger partial charge in [-0.2, -0.15) is 0 Å². The normalized spacial score (nSPS) is 33.6. The lowest BCUT2D eigenvalue weighted by atomic mass is 9.83. The van der Waals surface area contributed by atoms with Gasteiger partial charge in [-0.15, -0.1) is 0 Å². The summed E-state index contributed by atoms with van der Waals surface area (Å²) in [5, 5.41) is 9.67. The van der Waals surface area contributed by atoms with E-state index in [1.807, 2.05) is 6.92 Å². The molecule has 3 fully saturated rings. The number of aliphatic hydroxyl groups excluding tert-OH is 1. The average molecular weight is 281 g/mol. The molecule has 2 atom stereocenters. The van der Waals surface area contributed by atoms with Gasteiger partial charge in [0.1, 0.15) is 0 Å². The van der Waals surface area contributed by atoms with Gasteiger partial charge < -0.3 is 14.7 Å². The van der Waals surface area contributed by atoms with E-state index in [-0.39, 0.29) is 11.7 Å². The monoisotopic (exact) mass is 281 g/mol. The summed E-state index contributed by atoms with van der Waals surface area (Å²) < 4.78 is 6.48. The Balaban J connectivity index is 1.43. The Morgan fingerprint density at radius 1 is 1.10 bits per heavy atom. The van der Waals surface area contributed by atoms with Crippen LogP contribution in [0.3, 0.4) is 0 Å². The average Bonchev–Trinajstić information content (AvgIpc) is 2.83. The molecule has 3 heteroatoms. The molecule has 0 aromatic heterocycles. The Labute approximate surface area is 123 Å². The summed E-state index contributed by atoms with van der Waals surface area (Å²) in [6.45, 7) is 5.34. The minimum absolute atomic E-state index is 0.134. The Kier molecular flexibility index (Phi) is 4.68. The van der Waals surface area contributed by atoms with Crippen LogP contribution in [0.2, 0.25) is 0 Å². The summed E-state index contributed by atoms with van der Waals surface area (Å²) in [5.41, 5.74) is 0.265. The Hall–Kier alpha value is -0.120. The van der Waals surface area contributed by atoms with Gasteiger partial charge in [0, 0.05) is 6.54 Å². The number of hydrogen-bond donors (Lipinski definition) is 1. The maximum atomic E-state index is 9.67. The molecule has 0 unspecified atom stereocenters. The molecule has 20 heavy (non-hydrogen) atoms. The van der Waals surface area contributed by atoms with Crippen molar-refractivity contribution in [3.8, 4) is 0 Å². The van der Waals surface area contributed by atoms with E-state index in [4.69, 9.17) is 4.74 Å². The molecular formula is C17H31NO2. The summed E-state index contributed by atoms with van der Waals surface area (Å²) >= 11 is 0. The molecule has 2 heterocycles. The molecule has 0 amide bonds. The van der Waals surface area contributed by atoms with Crippen molar-refractivity contribution in [1.29, 1.82) is 0 Å². The number of rotatable bonds is 3. The molecule has 0 aromatic carbocycles. The molecule has 0 radical (unpaired) electrons. The molecule has 1 N–H and O–H groups in total. The molecule has 2 saturated heterocycles. The fraction of sp³-hybridized carbons (Fsp3) is 1.00. The topological polar surface area (TPSA) is 32.7 Å². The summed E-state index contributed by atoms with van der Waals surface area (Å²) in [5.74, 6) is 0.514. The first-order chi connectivity index (χ1) is 9.67. The van der Waals surface area contributed by atoms with E-state index in [9.17, 15) is 5.11 Å². The zero-order chi connectivity index (χ0) is 14.0. The molecule has 3 aliphatic rings. The first-order valence-corrected chi connectivity index (χ1v) is 8.75. The summed E-state index contributed by atoms with van der Waals surface area (Å²) in [7, 11) is 0. The Bertz CT molecular complexity index is 304. The van der Waals surface area contributed by atoms with Gasteiger partial charge in [-0.1, -0.05) is 19.3 Å². The summed E-state index contributed by atoms with van der Waals surface area (Å²) in [4.78, 5) is 2.56. The van der Waals surface area contributed by atoms with Crippen molar-refractivity contribution in [2.24, 2.45) is 5.92 Å².